The number of halogens is 5. The molecule has 0 saturated heterocycles. The zero-order chi connectivity index (χ0) is 14.9. The fourth-order valence-corrected chi connectivity index (χ4v) is 1.41. The van der Waals surface area contributed by atoms with E-state index < -0.39 is 46.4 Å². The first-order valence-corrected chi connectivity index (χ1v) is 5.17. The van der Waals surface area contributed by atoms with E-state index in [-0.39, 0.29) is 0 Å². The van der Waals surface area contributed by atoms with Gasteiger partial charge < -0.3 is 10.7 Å². The number of aromatic nitrogens is 1. The Morgan fingerprint density at radius 3 is 2.15 bits per heavy atom. The van der Waals surface area contributed by atoms with E-state index in [1.165, 1.54) is 0 Å². The average molecular weight is 290 g/mol. The van der Waals surface area contributed by atoms with Gasteiger partial charge >= 0.3 is 0 Å². The van der Waals surface area contributed by atoms with E-state index >= 15 is 0 Å². The molecule has 2 rings (SSSR count). The van der Waals surface area contributed by atoms with Gasteiger partial charge in [0.05, 0.1) is 5.69 Å². The number of rotatable bonds is 3. The lowest BCUT2D eigenvalue weighted by Gasteiger charge is -2.10. The smallest absolute Gasteiger partial charge is 0.196 e. The summed E-state index contributed by atoms with van der Waals surface area (Å²) < 4.78 is 65.7. The number of anilines is 3. The van der Waals surface area contributed by atoms with Gasteiger partial charge in [0.2, 0.25) is 0 Å². The Kier molecular flexibility index (Phi) is 3.70. The molecular formula is C11H7F5N4. The van der Waals surface area contributed by atoms with Crippen LogP contribution in [0.2, 0.25) is 0 Å². The quantitative estimate of drug-likeness (QED) is 0.352. The largest absolute Gasteiger partial charge is 0.335 e. The molecular weight excluding hydrogens is 283 g/mol. The Labute approximate surface area is 109 Å². The molecule has 0 spiro atoms. The molecule has 106 valence electrons. The van der Waals surface area contributed by atoms with Gasteiger partial charge in [-0.05, 0) is 12.1 Å². The van der Waals surface area contributed by atoms with Crippen molar-refractivity contribution < 1.29 is 22.0 Å². The van der Waals surface area contributed by atoms with Crippen LogP contribution >= 0.6 is 0 Å². The molecule has 1 aromatic carbocycles. The predicted octanol–water partition coefficient (Wildman–Crippen LogP) is 2.81. The standard InChI is InChI=1S/C11H7F5N4/c12-4-1-2-7(9(16)8(4)15)18-10-5(13)3-6(14)11(19-10)20-17/h1-3H,17H2,(H2,18,19,20). The number of nitrogens with one attached hydrogen (secondary N) is 2. The molecule has 20 heavy (non-hydrogen) atoms. The maximum absolute atomic E-state index is 13.4. The summed E-state index contributed by atoms with van der Waals surface area (Å²) in [5, 5.41) is 2.08. The minimum absolute atomic E-state index is 0.447. The second-order valence-corrected chi connectivity index (χ2v) is 3.64. The third-order valence-electron chi connectivity index (χ3n) is 2.35. The maximum atomic E-state index is 13.4. The van der Waals surface area contributed by atoms with Crippen LogP contribution in [0.5, 0.6) is 0 Å². The van der Waals surface area contributed by atoms with Crippen LogP contribution in [0.1, 0.15) is 0 Å². The number of nitrogens with zero attached hydrogens (tertiary/aromatic N) is 1. The summed E-state index contributed by atoms with van der Waals surface area (Å²) in [7, 11) is 0. The Morgan fingerprint density at radius 1 is 0.850 bits per heavy atom. The van der Waals surface area contributed by atoms with E-state index in [4.69, 9.17) is 5.84 Å². The number of benzene rings is 1. The molecule has 1 heterocycles. The predicted molar refractivity (Wildman–Crippen MR) is 61.6 cm³/mol. The third-order valence-corrected chi connectivity index (χ3v) is 2.35. The number of hydrazine groups is 1. The van der Waals surface area contributed by atoms with Gasteiger partial charge in [0.1, 0.15) is 0 Å². The second kappa shape index (κ2) is 5.29. The van der Waals surface area contributed by atoms with Gasteiger partial charge in [-0.15, -0.1) is 0 Å². The molecule has 0 bridgehead atoms. The van der Waals surface area contributed by atoms with Crippen LogP contribution in [0.3, 0.4) is 0 Å². The van der Waals surface area contributed by atoms with Crippen molar-refractivity contribution in [2.45, 2.75) is 0 Å². The molecule has 0 aliphatic carbocycles. The highest BCUT2D eigenvalue weighted by Crippen LogP contribution is 2.25. The van der Waals surface area contributed by atoms with Crippen molar-refractivity contribution in [3.63, 3.8) is 0 Å². The summed E-state index contributed by atoms with van der Waals surface area (Å²) in [5.41, 5.74) is 1.30. The van der Waals surface area contributed by atoms with E-state index in [0.29, 0.717) is 12.1 Å². The van der Waals surface area contributed by atoms with Crippen LogP contribution in [0.4, 0.5) is 39.3 Å². The molecule has 0 fully saturated rings. The Balaban J connectivity index is 2.42. The number of hydrogen-bond donors (Lipinski definition) is 3. The summed E-state index contributed by atoms with van der Waals surface area (Å²) in [6.45, 7) is 0. The summed E-state index contributed by atoms with van der Waals surface area (Å²) in [5.74, 6) is -3.07. The van der Waals surface area contributed by atoms with Gasteiger partial charge in [-0.25, -0.2) is 32.8 Å². The minimum atomic E-state index is -1.73. The van der Waals surface area contributed by atoms with E-state index in [9.17, 15) is 22.0 Å². The molecule has 4 nitrogen and oxygen atoms in total. The van der Waals surface area contributed by atoms with Gasteiger partial charge in [-0.3, -0.25) is 0 Å². The molecule has 0 aliphatic rings. The Bertz CT molecular complexity index is 662. The first-order chi connectivity index (χ1) is 9.43. The molecule has 0 aliphatic heterocycles. The normalized spacial score (nSPS) is 10.5. The number of nitrogens with two attached hydrogens (primary N) is 1. The second-order valence-electron chi connectivity index (χ2n) is 3.64. The fraction of sp³-hybridized carbons (Fsp3) is 0. The highest BCUT2D eigenvalue weighted by molar-refractivity contribution is 5.59. The highest BCUT2D eigenvalue weighted by atomic mass is 19.2. The van der Waals surface area contributed by atoms with Crippen molar-refractivity contribution in [3.8, 4) is 0 Å². The number of hydrogen-bond acceptors (Lipinski definition) is 4. The first kappa shape index (κ1) is 14.0. The monoisotopic (exact) mass is 290 g/mol. The number of pyridine rings is 1. The molecule has 0 saturated carbocycles. The molecule has 0 unspecified atom stereocenters. The Hall–Kier alpha value is -2.42. The SMILES string of the molecule is NNc1nc(Nc2ccc(F)c(F)c2F)c(F)cc1F. The van der Waals surface area contributed by atoms with Crippen molar-refractivity contribution in [1.82, 2.24) is 4.98 Å². The number of nitrogen functional groups attached to an aromatic ring is 1. The van der Waals surface area contributed by atoms with Crippen molar-refractivity contribution in [2.24, 2.45) is 5.84 Å². The summed E-state index contributed by atoms with van der Waals surface area (Å²) >= 11 is 0. The molecule has 0 amide bonds. The minimum Gasteiger partial charge on any atom is -0.335 e. The van der Waals surface area contributed by atoms with Crippen LogP contribution in [-0.4, -0.2) is 4.98 Å². The topological polar surface area (TPSA) is 63.0 Å². The van der Waals surface area contributed by atoms with Crippen LogP contribution in [-0.2, 0) is 0 Å². The zero-order valence-corrected chi connectivity index (χ0v) is 9.65. The molecule has 2 aromatic rings. The zero-order valence-electron chi connectivity index (χ0n) is 9.65. The lowest BCUT2D eigenvalue weighted by molar-refractivity contribution is 0.449. The maximum Gasteiger partial charge on any atom is 0.196 e. The van der Waals surface area contributed by atoms with Gasteiger partial charge in [-0.2, -0.15) is 0 Å². The van der Waals surface area contributed by atoms with Crippen molar-refractivity contribution >= 4 is 17.3 Å². The molecule has 9 heteroatoms. The molecule has 0 radical (unpaired) electrons. The van der Waals surface area contributed by atoms with Crippen LogP contribution in [0.25, 0.3) is 0 Å². The third kappa shape index (κ3) is 2.48. The van der Waals surface area contributed by atoms with Crippen molar-refractivity contribution in [1.29, 1.82) is 0 Å². The van der Waals surface area contributed by atoms with E-state index in [2.05, 4.69) is 10.3 Å². The van der Waals surface area contributed by atoms with Crippen molar-refractivity contribution in [3.05, 3.63) is 47.3 Å². The van der Waals surface area contributed by atoms with Gasteiger partial charge in [0.25, 0.3) is 0 Å². The fourth-order valence-electron chi connectivity index (χ4n) is 1.41. The van der Waals surface area contributed by atoms with Crippen LogP contribution in [0.15, 0.2) is 18.2 Å². The molecule has 4 N–H and O–H groups in total. The summed E-state index contributed by atoms with van der Waals surface area (Å²) in [4.78, 5) is 3.40. The van der Waals surface area contributed by atoms with Crippen LogP contribution in [0, 0.1) is 29.1 Å². The lowest BCUT2D eigenvalue weighted by Crippen LogP contribution is -2.12. The van der Waals surface area contributed by atoms with E-state index in [0.717, 1.165) is 6.07 Å². The van der Waals surface area contributed by atoms with E-state index in [1.807, 2.05) is 5.43 Å². The molecule has 0 atom stereocenters. The molecule has 1 aromatic heterocycles. The highest BCUT2D eigenvalue weighted by Gasteiger charge is 2.17. The van der Waals surface area contributed by atoms with Gasteiger partial charge in [-0.1, -0.05) is 0 Å². The van der Waals surface area contributed by atoms with E-state index in [1.54, 1.807) is 0 Å². The summed E-state index contributed by atoms with van der Waals surface area (Å²) in [6, 6.07) is 1.93. The average Bonchev–Trinajstić information content (AvgIpc) is 2.42. The van der Waals surface area contributed by atoms with Gasteiger partial charge in [0.15, 0.2) is 40.7 Å². The van der Waals surface area contributed by atoms with Gasteiger partial charge in [0, 0.05) is 6.07 Å². The van der Waals surface area contributed by atoms with Crippen molar-refractivity contribution in [2.75, 3.05) is 10.7 Å². The summed E-state index contributed by atoms with van der Waals surface area (Å²) in [6.07, 6.45) is 0. The van der Waals surface area contributed by atoms with Crippen LogP contribution < -0.4 is 16.6 Å². The first-order valence-electron chi connectivity index (χ1n) is 5.17. The Morgan fingerprint density at radius 2 is 1.50 bits per heavy atom. The lowest BCUT2D eigenvalue weighted by atomic mass is 10.2.